The first-order valence-corrected chi connectivity index (χ1v) is 12.6. The summed E-state index contributed by atoms with van der Waals surface area (Å²) >= 11 is 0. The van der Waals surface area contributed by atoms with Crippen LogP contribution in [0.3, 0.4) is 0 Å². The molecule has 0 spiro atoms. The van der Waals surface area contributed by atoms with E-state index in [4.69, 9.17) is 12.2 Å². The van der Waals surface area contributed by atoms with Crippen molar-refractivity contribution in [2.75, 3.05) is 19.6 Å². The van der Waals surface area contributed by atoms with Crippen molar-refractivity contribution in [2.45, 2.75) is 44.8 Å². The number of carbonyl (C=O) groups is 2. The molecular weight excluding hydrogens is 448 g/mol. The van der Waals surface area contributed by atoms with Crippen LogP contribution in [0.1, 0.15) is 46.3 Å². The lowest BCUT2D eigenvalue weighted by molar-refractivity contribution is -0.133. The van der Waals surface area contributed by atoms with Gasteiger partial charge in [0.15, 0.2) is 0 Å². The highest BCUT2D eigenvalue weighted by atomic mass is 16.2. The molecule has 36 heavy (non-hydrogen) atoms. The molecule has 4 N–H and O–H groups in total. The summed E-state index contributed by atoms with van der Waals surface area (Å²) in [5.41, 5.74) is 9.30. The summed E-state index contributed by atoms with van der Waals surface area (Å²) in [7, 11) is 0. The lowest BCUT2D eigenvalue weighted by Gasteiger charge is -2.25. The SMILES string of the molecule is C#Cc1cc(C)cc(CN2CC[C@@H](CNC(=O)c3ccc4ccccc4c3)N[C@@H](CCCN)C2=O)c1. The van der Waals surface area contributed by atoms with Gasteiger partial charge in [0, 0.05) is 36.8 Å². The number of nitrogens with one attached hydrogen (secondary N) is 2. The number of fused-ring (bicyclic) bond motifs is 1. The Bertz CT molecular complexity index is 1280. The van der Waals surface area contributed by atoms with Crippen LogP contribution in [-0.4, -0.2) is 48.4 Å². The van der Waals surface area contributed by atoms with E-state index in [0.717, 1.165) is 40.3 Å². The smallest absolute Gasteiger partial charge is 0.251 e. The molecule has 2 atom stereocenters. The van der Waals surface area contributed by atoms with E-state index in [0.29, 0.717) is 38.2 Å². The summed E-state index contributed by atoms with van der Waals surface area (Å²) in [5, 5.41) is 8.69. The molecule has 0 radical (unpaired) electrons. The minimum atomic E-state index is -0.337. The monoisotopic (exact) mass is 482 g/mol. The van der Waals surface area contributed by atoms with Gasteiger partial charge >= 0.3 is 0 Å². The Morgan fingerprint density at radius 1 is 1.17 bits per heavy atom. The van der Waals surface area contributed by atoms with Crippen molar-refractivity contribution in [1.82, 2.24) is 15.5 Å². The molecule has 3 aromatic rings. The predicted molar refractivity (Wildman–Crippen MR) is 144 cm³/mol. The fourth-order valence-electron chi connectivity index (χ4n) is 4.83. The van der Waals surface area contributed by atoms with Crippen LogP contribution in [0.5, 0.6) is 0 Å². The third-order valence-corrected chi connectivity index (χ3v) is 6.69. The van der Waals surface area contributed by atoms with Gasteiger partial charge in [0.25, 0.3) is 5.91 Å². The number of nitrogens with zero attached hydrogens (tertiary/aromatic N) is 1. The van der Waals surface area contributed by atoms with Crippen LogP contribution in [0.2, 0.25) is 0 Å². The van der Waals surface area contributed by atoms with Crippen LogP contribution in [0.25, 0.3) is 10.8 Å². The van der Waals surface area contributed by atoms with Crippen LogP contribution in [0.4, 0.5) is 0 Å². The number of hydrogen-bond donors (Lipinski definition) is 3. The summed E-state index contributed by atoms with van der Waals surface area (Å²) in [5.74, 6) is 2.64. The number of aryl methyl sites for hydroxylation is 1. The topological polar surface area (TPSA) is 87.5 Å². The summed E-state index contributed by atoms with van der Waals surface area (Å²) in [6.45, 7) is 4.08. The summed E-state index contributed by atoms with van der Waals surface area (Å²) in [4.78, 5) is 28.2. The third-order valence-electron chi connectivity index (χ3n) is 6.69. The zero-order valence-corrected chi connectivity index (χ0v) is 20.8. The van der Waals surface area contributed by atoms with Gasteiger partial charge in [-0.25, -0.2) is 0 Å². The number of nitrogens with two attached hydrogens (primary N) is 1. The van der Waals surface area contributed by atoms with E-state index in [1.165, 1.54) is 0 Å². The molecule has 0 aromatic heterocycles. The molecule has 186 valence electrons. The van der Waals surface area contributed by atoms with Crippen molar-refractivity contribution >= 4 is 22.6 Å². The van der Waals surface area contributed by atoms with Gasteiger partial charge in [0.05, 0.1) is 6.04 Å². The first-order chi connectivity index (χ1) is 17.5. The van der Waals surface area contributed by atoms with Crippen LogP contribution < -0.4 is 16.4 Å². The van der Waals surface area contributed by atoms with Gasteiger partial charge in [-0.3, -0.25) is 9.59 Å². The van der Waals surface area contributed by atoms with E-state index < -0.39 is 0 Å². The van der Waals surface area contributed by atoms with Crippen LogP contribution in [-0.2, 0) is 11.3 Å². The second kappa shape index (κ2) is 11.9. The maximum absolute atomic E-state index is 13.4. The predicted octanol–water partition coefficient (Wildman–Crippen LogP) is 3.36. The van der Waals surface area contributed by atoms with Gasteiger partial charge in [-0.1, -0.05) is 42.3 Å². The number of rotatable bonds is 8. The first-order valence-electron chi connectivity index (χ1n) is 12.6. The van der Waals surface area contributed by atoms with Crippen molar-refractivity contribution in [3.8, 4) is 12.3 Å². The van der Waals surface area contributed by atoms with Crippen molar-refractivity contribution in [1.29, 1.82) is 0 Å². The van der Waals surface area contributed by atoms with Gasteiger partial charge in [-0.2, -0.15) is 0 Å². The largest absolute Gasteiger partial charge is 0.350 e. The van der Waals surface area contributed by atoms with Crippen molar-refractivity contribution in [2.24, 2.45) is 5.73 Å². The molecule has 0 bridgehead atoms. The Kier molecular flexibility index (Phi) is 8.37. The van der Waals surface area contributed by atoms with Gasteiger partial charge in [0.1, 0.15) is 0 Å². The Morgan fingerprint density at radius 2 is 1.97 bits per heavy atom. The zero-order chi connectivity index (χ0) is 25.5. The second-order valence-corrected chi connectivity index (χ2v) is 9.52. The quantitative estimate of drug-likeness (QED) is 0.430. The highest BCUT2D eigenvalue weighted by molar-refractivity contribution is 5.98. The van der Waals surface area contributed by atoms with Gasteiger partial charge in [-0.15, -0.1) is 6.42 Å². The van der Waals surface area contributed by atoms with Gasteiger partial charge < -0.3 is 21.3 Å². The molecule has 2 amide bonds. The van der Waals surface area contributed by atoms with Crippen molar-refractivity contribution in [3.63, 3.8) is 0 Å². The molecule has 1 aliphatic rings. The molecular formula is C30H34N4O2. The number of benzene rings is 3. The molecule has 1 fully saturated rings. The molecule has 4 rings (SSSR count). The molecule has 1 saturated heterocycles. The van der Waals surface area contributed by atoms with E-state index in [-0.39, 0.29) is 23.9 Å². The number of carbonyl (C=O) groups excluding carboxylic acids is 2. The molecule has 1 heterocycles. The van der Waals surface area contributed by atoms with Crippen molar-refractivity contribution < 1.29 is 9.59 Å². The van der Waals surface area contributed by atoms with E-state index in [1.807, 2.05) is 66.4 Å². The molecule has 3 aromatic carbocycles. The minimum Gasteiger partial charge on any atom is -0.350 e. The lowest BCUT2D eigenvalue weighted by atomic mass is 10.1. The Hall–Kier alpha value is -3.66. The normalized spacial score (nSPS) is 18.0. The standard InChI is InChI=1S/C30H34N4O2/c1-3-22-15-21(2)16-23(17-22)20-34-14-12-27(33-28(30(34)36)9-6-13-31)19-32-29(35)26-11-10-24-7-4-5-8-25(24)18-26/h1,4-5,7-8,10-11,15-18,27-28,33H,6,9,12-14,19-20,31H2,2H3,(H,32,35)/t27-,28-/m0/s1. The summed E-state index contributed by atoms with van der Waals surface area (Å²) in [6, 6.07) is 19.3. The van der Waals surface area contributed by atoms with Crippen LogP contribution >= 0.6 is 0 Å². The molecule has 0 unspecified atom stereocenters. The lowest BCUT2D eigenvalue weighted by Crippen LogP contribution is -2.48. The third kappa shape index (κ3) is 6.31. The highest BCUT2D eigenvalue weighted by Crippen LogP contribution is 2.18. The Labute approximate surface area is 213 Å². The van der Waals surface area contributed by atoms with E-state index in [1.54, 1.807) is 0 Å². The van der Waals surface area contributed by atoms with E-state index in [9.17, 15) is 9.59 Å². The van der Waals surface area contributed by atoms with Crippen molar-refractivity contribution in [3.05, 3.63) is 82.9 Å². The minimum absolute atomic E-state index is 0.0232. The molecule has 6 nitrogen and oxygen atoms in total. The molecule has 0 saturated carbocycles. The summed E-state index contributed by atoms with van der Waals surface area (Å²) in [6.07, 6.45) is 7.75. The number of hydrogen-bond acceptors (Lipinski definition) is 4. The molecule has 6 heteroatoms. The second-order valence-electron chi connectivity index (χ2n) is 9.52. The van der Waals surface area contributed by atoms with E-state index in [2.05, 4.69) is 22.6 Å². The van der Waals surface area contributed by atoms with E-state index >= 15 is 0 Å². The Morgan fingerprint density at radius 3 is 2.75 bits per heavy atom. The number of amides is 2. The van der Waals surface area contributed by atoms with Crippen LogP contribution in [0, 0.1) is 19.3 Å². The maximum atomic E-state index is 13.4. The Balaban J connectivity index is 1.44. The maximum Gasteiger partial charge on any atom is 0.251 e. The zero-order valence-electron chi connectivity index (χ0n) is 20.8. The van der Waals surface area contributed by atoms with Gasteiger partial charge in [-0.05, 0) is 78.9 Å². The first kappa shape index (κ1) is 25.4. The number of terminal acetylenes is 1. The fraction of sp³-hybridized carbons (Fsp3) is 0.333. The molecule has 0 aliphatic carbocycles. The van der Waals surface area contributed by atoms with Crippen LogP contribution in [0.15, 0.2) is 60.7 Å². The highest BCUT2D eigenvalue weighted by Gasteiger charge is 2.30. The van der Waals surface area contributed by atoms with Gasteiger partial charge in [0.2, 0.25) is 5.91 Å². The average molecular weight is 483 g/mol. The fourth-order valence-corrected chi connectivity index (χ4v) is 4.83. The summed E-state index contributed by atoms with van der Waals surface area (Å²) < 4.78 is 0. The average Bonchev–Trinajstić information content (AvgIpc) is 3.03. The molecule has 1 aliphatic heterocycles.